The van der Waals surface area contributed by atoms with Crippen LogP contribution in [0.25, 0.3) is 0 Å². The molecule has 0 aliphatic heterocycles. The van der Waals surface area contributed by atoms with Gasteiger partial charge in [0.25, 0.3) is 5.91 Å². The number of alkyl halides is 3. The largest absolute Gasteiger partial charge is 0.496 e. The average molecular weight is 506 g/mol. The summed E-state index contributed by atoms with van der Waals surface area (Å²) in [5.74, 6) is 0.383. The molecule has 0 spiro atoms. The number of benzene rings is 2. The van der Waals surface area contributed by atoms with E-state index in [0.29, 0.717) is 12.8 Å². The number of amides is 1. The van der Waals surface area contributed by atoms with Crippen LogP contribution in [0.4, 0.5) is 13.2 Å². The van der Waals surface area contributed by atoms with Crippen molar-refractivity contribution in [1.82, 2.24) is 15.1 Å². The minimum atomic E-state index is -4.55. The summed E-state index contributed by atoms with van der Waals surface area (Å²) in [5, 5.41) is 7.42. The van der Waals surface area contributed by atoms with Gasteiger partial charge in [-0.15, -0.1) is 0 Å². The number of methoxy groups -OCH3 is 1. The molecule has 1 aliphatic carbocycles. The van der Waals surface area contributed by atoms with E-state index in [0.717, 1.165) is 42.4 Å². The molecule has 1 saturated carbocycles. The fraction of sp³-hybridized carbons (Fsp3) is 0.385. The van der Waals surface area contributed by atoms with E-state index in [-0.39, 0.29) is 22.5 Å². The number of carbonyl (C=O) groups excluding carboxylic acids is 1. The van der Waals surface area contributed by atoms with E-state index in [9.17, 15) is 18.0 Å². The second-order valence-electron chi connectivity index (χ2n) is 9.01. The topological polar surface area (TPSA) is 56.1 Å². The molecule has 0 radical (unpaired) electrons. The first-order chi connectivity index (χ1) is 16.6. The Morgan fingerprint density at radius 3 is 2.46 bits per heavy atom. The highest BCUT2D eigenvalue weighted by atomic mass is 35.5. The molecule has 0 saturated heterocycles. The molecule has 1 aromatic heterocycles. The van der Waals surface area contributed by atoms with E-state index in [4.69, 9.17) is 16.3 Å². The van der Waals surface area contributed by atoms with Crippen molar-refractivity contribution in [2.24, 2.45) is 5.92 Å². The first-order valence-corrected chi connectivity index (χ1v) is 11.8. The van der Waals surface area contributed by atoms with E-state index in [1.165, 1.54) is 0 Å². The Kier molecular flexibility index (Phi) is 7.12. The lowest BCUT2D eigenvalue weighted by molar-refractivity contribution is -0.137. The van der Waals surface area contributed by atoms with E-state index in [1.54, 1.807) is 13.3 Å². The van der Waals surface area contributed by atoms with E-state index in [1.807, 2.05) is 41.2 Å². The van der Waals surface area contributed by atoms with Crippen molar-refractivity contribution in [2.45, 2.75) is 50.4 Å². The monoisotopic (exact) mass is 505 g/mol. The van der Waals surface area contributed by atoms with Gasteiger partial charge in [-0.05, 0) is 68.9 Å². The molecule has 4 rings (SSSR count). The van der Waals surface area contributed by atoms with Gasteiger partial charge in [0.1, 0.15) is 5.75 Å². The summed E-state index contributed by atoms with van der Waals surface area (Å²) in [5.41, 5.74) is -0.522. The number of hydrogen-bond acceptors (Lipinski definition) is 3. The van der Waals surface area contributed by atoms with Crippen molar-refractivity contribution in [3.05, 3.63) is 82.6 Å². The lowest BCUT2D eigenvalue weighted by atomic mass is 9.70. The van der Waals surface area contributed by atoms with Crippen LogP contribution in [-0.2, 0) is 11.7 Å². The lowest BCUT2D eigenvalue weighted by Gasteiger charge is -2.43. The zero-order valence-electron chi connectivity index (χ0n) is 19.5. The predicted molar refractivity (Wildman–Crippen MR) is 128 cm³/mol. The fourth-order valence-corrected chi connectivity index (χ4v) is 5.28. The maximum atomic E-state index is 13.1. The van der Waals surface area contributed by atoms with E-state index in [2.05, 4.69) is 17.3 Å². The van der Waals surface area contributed by atoms with Crippen LogP contribution in [0.15, 0.2) is 60.9 Å². The minimum absolute atomic E-state index is 0.00776. The van der Waals surface area contributed by atoms with Gasteiger partial charge in [-0.2, -0.15) is 18.3 Å². The highest BCUT2D eigenvalue weighted by Crippen LogP contribution is 2.45. The summed E-state index contributed by atoms with van der Waals surface area (Å²) >= 11 is 6.05. The number of para-hydroxylation sites is 1. The summed E-state index contributed by atoms with van der Waals surface area (Å²) in [6.07, 6.45) is 2.07. The molecule has 35 heavy (non-hydrogen) atoms. The second kappa shape index (κ2) is 9.93. The normalized spacial score (nSPS) is 20.2. The molecular formula is C26H27ClF3N3O2. The van der Waals surface area contributed by atoms with Gasteiger partial charge < -0.3 is 10.1 Å². The van der Waals surface area contributed by atoms with Gasteiger partial charge >= 0.3 is 6.18 Å². The summed E-state index contributed by atoms with van der Waals surface area (Å²) in [6.45, 7) is 2.14. The molecule has 1 aliphatic rings. The van der Waals surface area contributed by atoms with Gasteiger partial charge in [0.05, 0.1) is 28.8 Å². The summed E-state index contributed by atoms with van der Waals surface area (Å²) in [4.78, 5) is 12.8. The van der Waals surface area contributed by atoms with Gasteiger partial charge in [-0.25, -0.2) is 0 Å². The molecule has 1 fully saturated rings. The highest BCUT2D eigenvalue weighted by Gasteiger charge is 2.42. The molecule has 5 nitrogen and oxygen atoms in total. The number of nitrogens with zero attached hydrogens (tertiary/aromatic N) is 2. The van der Waals surface area contributed by atoms with Crippen molar-refractivity contribution in [1.29, 1.82) is 0 Å². The number of halogens is 4. The molecule has 1 amide bonds. The maximum Gasteiger partial charge on any atom is 0.416 e. The molecule has 1 heterocycles. The third-order valence-electron chi connectivity index (χ3n) is 7.03. The highest BCUT2D eigenvalue weighted by molar-refractivity contribution is 6.33. The Hall–Kier alpha value is -3.00. The van der Waals surface area contributed by atoms with Gasteiger partial charge in [0.15, 0.2) is 0 Å². The quantitative estimate of drug-likeness (QED) is 0.426. The third kappa shape index (κ3) is 5.03. The summed E-state index contributed by atoms with van der Waals surface area (Å²) < 4.78 is 46.9. The molecule has 186 valence electrons. The molecule has 0 bridgehead atoms. The zero-order valence-corrected chi connectivity index (χ0v) is 20.2. The second-order valence-corrected chi connectivity index (χ2v) is 9.42. The Morgan fingerprint density at radius 1 is 1.11 bits per heavy atom. The number of carbonyl (C=O) groups is 1. The number of nitrogens with one attached hydrogen (secondary N) is 1. The predicted octanol–water partition coefficient (Wildman–Crippen LogP) is 6.32. The number of aromatic nitrogens is 2. The molecule has 9 heteroatoms. The molecule has 1 N–H and O–H groups in total. The van der Waals surface area contributed by atoms with E-state index >= 15 is 0 Å². The zero-order chi connectivity index (χ0) is 25.2. The van der Waals surface area contributed by atoms with Crippen molar-refractivity contribution in [3.63, 3.8) is 0 Å². The molecule has 3 aromatic rings. The Balaban J connectivity index is 1.51. The first kappa shape index (κ1) is 25.1. The van der Waals surface area contributed by atoms with Crippen LogP contribution in [0, 0.1) is 5.92 Å². The molecule has 1 unspecified atom stereocenters. The Morgan fingerprint density at radius 2 is 1.83 bits per heavy atom. The standard InChI is InChI=1S/C26H27ClF3N3O2/c1-25(33-15-5-14-31-33,21-6-3-4-7-23(21)35-2)17-8-11-19(12-9-17)32-24(34)20-16-18(26(28,29)30)10-13-22(20)27/h3-7,10,13-17,19H,8-9,11-12H2,1-2H3,(H,32,34). The first-order valence-electron chi connectivity index (χ1n) is 11.5. The molecular weight excluding hydrogens is 479 g/mol. The fourth-order valence-electron chi connectivity index (χ4n) is 5.08. The Labute approximate surface area is 207 Å². The van der Waals surface area contributed by atoms with Crippen LogP contribution >= 0.6 is 11.6 Å². The summed E-state index contributed by atoms with van der Waals surface area (Å²) in [7, 11) is 1.65. The minimum Gasteiger partial charge on any atom is -0.496 e. The van der Waals surface area contributed by atoms with Crippen molar-refractivity contribution >= 4 is 17.5 Å². The number of rotatable bonds is 6. The maximum absolute atomic E-state index is 13.1. The van der Waals surface area contributed by atoms with Crippen LogP contribution in [0.5, 0.6) is 5.75 Å². The van der Waals surface area contributed by atoms with Crippen LogP contribution < -0.4 is 10.1 Å². The van der Waals surface area contributed by atoms with Crippen LogP contribution in [0.3, 0.4) is 0 Å². The summed E-state index contributed by atoms with van der Waals surface area (Å²) in [6, 6.07) is 12.4. The van der Waals surface area contributed by atoms with Crippen LogP contribution in [0.2, 0.25) is 5.02 Å². The van der Waals surface area contributed by atoms with Gasteiger partial charge in [0.2, 0.25) is 0 Å². The van der Waals surface area contributed by atoms with Gasteiger partial charge in [0, 0.05) is 24.0 Å². The van der Waals surface area contributed by atoms with Crippen LogP contribution in [-0.4, -0.2) is 28.8 Å². The van der Waals surface area contributed by atoms with Gasteiger partial charge in [-0.1, -0.05) is 29.8 Å². The smallest absolute Gasteiger partial charge is 0.416 e. The molecule has 2 aromatic carbocycles. The Bertz CT molecular complexity index is 1170. The van der Waals surface area contributed by atoms with E-state index < -0.39 is 23.2 Å². The number of hydrogen-bond donors (Lipinski definition) is 1. The van der Waals surface area contributed by atoms with Crippen molar-refractivity contribution < 1.29 is 22.7 Å². The average Bonchev–Trinajstić information content (AvgIpc) is 3.39. The van der Waals surface area contributed by atoms with Crippen molar-refractivity contribution in [3.8, 4) is 5.75 Å². The SMILES string of the molecule is COc1ccccc1C(C)(C1CCC(NC(=O)c2cc(C(F)(F)F)ccc2Cl)CC1)n1cccn1. The molecule has 1 atom stereocenters. The van der Waals surface area contributed by atoms with Crippen LogP contribution in [0.1, 0.15) is 54.1 Å². The van der Waals surface area contributed by atoms with Gasteiger partial charge in [-0.3, -0.25) is 9.48 Å². The lowest BCUT2D eigenvalue weighted by Crippen LogP contribution is -2.45. The third-order valence-corrected chi connectivity index (χ3v) is 7.36. The van der Waals surface area contributed by atoms with Crippen molar-refractivity contribution in [2.75, 3.05) is 7.11 Å². The number of ether oxygens (including phenoxy) is 1.